The highest BCUT2D eigenvalue weighted by Gasteiger charge is 2.11. The van der Waals surface area contributed by atoms with E-state index in [1.165, 1.54) is 18.5 Å². The van der Waals surface area contributed by atoms with E-state index in [9.17, 15) is 8.42 Å². The number of hydrogen-bond donors (Lipinski definition) is 1. The summed E-state index contributed by atoms with van der Waals surface area (Å²) in [6.45, 7) is 0.446. The standard InChI is InChI=1S/C14H12N4O3S/c19-22(20,21)13-3-1-11(2-4-13)12-5-6-17-14(7-12)18-9-15-8-16-10-18/h1-9H,10H2,(H,19,20,21). The topological polar surface area (TPSA) is 95.2 Å². The van der Waals surface area contributed by atoms with Crippen LogP contribution in [0.4, 0.5) is 5.82 Å². The average molecular weight is 316 g/mol. The van der Waals surface area contributed by atoms with Crippen molar-refractivity contribution < 1.29 is 13.0 Å². The van der Waals surface area contributed by atoms with Gasteiger partial charge in [0.05, 0.1) is 11.2 Å². The van der Waals surface area contributed by atoms with Gasteiger partial charge in [0, 0.05) is 6.20 Å². The smallest absolute Gasteiger partial charge is 0.294 e. The molecule has 0 unspecified atom stereocenters. The van der Waals surface area contributed by atoms with Crippen molar-refractivity contribution in [3.05, 3.63) is 42.6 Å². The van der Waals surface area contributed by atoms with E-state index in [0.717, 1.165) is 11.1 Å². The maximum absolute atomic E-state index is 11.1. The van der Waals surface area contributed by atoms with E-state index in [2.05, 4.69) is 15.0 Å². The Labute approximate surface area is 127 Å². The second-order valence-corrected chi connectivity index (χ2v) is 6.00. The molecule has 0 fully saturated rings. The third-order valence-corrected chi connectivity index (χ3v) is 3.98. The molecule has 1 aliphatic rings. The molecular formula is C14H12N4O3S. The van der Waals surface area contributed by atoms with Gasteiger partial charge in [-0.3, -0.25) is 14.4 Å². The van der Waals surface area contributed by atoms with Crippen LogP contribution in [-0.2, 0) is 10.1 Å². The monoisotopic (exact) mass is 316 g/mol. The fraction of sp³-hybridized carbons (Fsp3) is 0.0714. The molecule has 2 aromatic rings. The molecule has 0 saturated heterocycles. The van der Waals surface area contributed by atoms with E-state index in [1.54, 1.807) is 29.6 Å². The van der Waals surface area contributed by atoms with E-state index >= 15 is 0 Å². The first-order valence-electron chi connectivity index (χ1n) is 6.36. The molecule has 22 heavy (non-hydrogen) atoms. The molecule has 0 spiro atoms. The Morgan fingerprint density at radius 3 is 2.50 bits per heavy atom. The predicted molar refractivity (Wildman–Crippen MR) is 83.8 cm³/mol. The lowest BCUT2D eigenvalue weighted by Crippen LogP contribution is -2.24. The zero-order valence-corrected chi connectivity index (χ0v) is 12.2. The predicted octanol–water partition coefficient (Wildman–Crippen LogP) is 1.83. The van der Waals surface area contributed by atoms with Crippen LogP contribution in [0.1, 0.15) is 0 Å². The summed E-state index contributed by atoms with van der Waals surface area (Å²) in [5, 5.41) is 0. The highest BCUT2D eigenvalue weighted by atomic mass is 32.2. The molecule has 8 heteroatoms. The van der Waals surface area contributed by atoms with Gasteiger partial charge >= 0.3 is 0 Å². The van der Waals surface area contributed by atoms with Gasteiger partial charge in [-0.2, -0.15) is 8.42 Å². The molecule has 1 N–H and O–H groups in total. The van der Waals surface area contributed by atoms with Crippen molar-refractivity contribution in [1.29, 1.82) is 0 Å². The molecule has 7 nitrogen and oxygen atoms in total. The summed E-state index contributed by atoms with van der Waals surface area (Å²) >= 11 is 0. The van der Waals surface area contributed by atoms with Crippen molar-refractivity contribution in [1.82, 2.24) is 4.98 Å². The summed E-state index contributed by atoms with van der Waals surface area (Å²) in [5.41, 5.74) is 1.68. The van der Waals surface area contributed by atoms with Crippen LogP contribution in [0.2, 0.25) is 0 Å². The number of rotatable bonds is 3. The van der Waals surface area contributed by atoms with E-state index < -0.39 is 10.1 Å². The van der Waals surface area contributed by atoms with Crippen LogP contribution in [0.3, 0.4) is 0 Å². The zero-order chi connectivity index (χ0) is 15.6. The fourth-order valence-electron chi connectivity index (χ4n) is 2.02. The molecule has 0 saturated carbocycles. The highest BCUT2D eigenvalue weighted by molar-refractivity contribution is 7.85. The fourth-order valence-corrected chi connectivity index (χ4v) is 2.50. The maximum Gasteiger partial charge on any atom is 0.294 e. The largest absolute Gasteiger partial charge is 0.297 e. The molecule has 112 valence electrons. The second-order valence-electron chi connectivity index (χ2n) is 4.58. The Morgan fingerprint density at radius 2 is 1.86 bits per heavy atom. The third kappa shape index (κ3) is 3.02. The lowest BCUT2D eigenvalue weighted by molar-refractivity contribution is 0.483. The van der Waals surface area contributed by atoms with Gasteiger partial charge in [0.15, 0.2) is 0 Å². The molecule has 1 aromatic carbocycles. The summed E-state index contributed by atoms with van der Waals surface area (Å²) in [4.78, 5) is 13.9. The van der Waals surface area contributed by atoms with Crippen LogP contribution in [0.5, 0.6) is 0 Å². The summed E-state index contributed by atoms with van der Waals surface area (Å²) < 4.78 is 31.1. The number of pyridine rings is 1. The number of aromatic nitrogens is 1. The molecule has 0 aliphatic carbocycles. The van der Waals surface area contributed by atoms with Crippen LogP contribution in [0.25, 0.3) is 11.1 Å². The Kier molecular flexibility index (Phi) is 3.70. The zero-order valence-electron chi connectivity index (χ0n) is 11.4. The van der Waals surface area contributed by atoms with Crippen molar-refractivity contribution >= 4 is 28.6 Å². The van der Waals surface area contributed by atoms with Crippen molar-refractivity contribution in [2.45, 2.75) is 4.90 Å². The Bertz CT molecular complexity index is 845. The van der Waals surface area contributed by atoms with Gasteiger partial charge < -0.3 is 0 Å². The minimum Gasteiger partial charge on any atom is -0.297 e. The number of hydrogen-bond acceptors (Lipinski definition) is 6. The van der Waals surface area contributed by atoms with E-state index in [1.807, 2.05) is 12.1 Å². The lowest BCUT2D eigenvalue weighted by Gasteiger charge is -2.18. The molecule has 0 amide bonds. The first-order chi connectivity index (χ1) is 10.5. The van der Waals surface area contributed by atoms with Crippen LogP contribution in [0, 0.1) is 0 Å². The van der Waals surface area contributed by atoms with Gasteiger partial charge in [-0.1, -0.05) is 12.1 Å². The number of benzene rings is 1. The molecular weight excluding hydrogens is 304 g/mol. The first kappa shape index (κ1) is 14.4. The number of anilines is 1. The van der Waals surface area contributed by atoms with Gasteiger partial charge in [-0.15, -0.1) is 0 Å². The highest BCUT2D eigenvalue weighted by Crippen LogP contribution is 2.24. The second kappa shape index (κ2) is 5.66. The van der Waals surface area contributed by atoms with Crippen LogP contribution < -0.4 is 4.90 Å². The van der Waals surface area contributed by atoms with Crippen molar-refractivity contribution in [2.75, 3.05) is 11.6 Å². The molecule has 2 heterocycles. The molecule has 1 aromatic heterocycles. The number of aliphatic imine (C=N–C) groups is 2. The molecule has 0 radical (unpaired) electrons. The van der Waals surface area contributed by atoms with Gasteiger partial charge in [0.25, 0.3) is 10.1 Å². The quantitative estimate of drug-likeness (QED) is 0.872. The maximum atomic E-state index is 11.1. The number of nitrogens with zero attached hydrogens (tertiary/aromatic N) is 4. The van der Waals surface area contributed by atoms with Gasteiger partial charge in [-0.25, -0.2) is 9.98 Å². The minimum atomic E-state index is -4.18. The SMILES string of the molecule is O=S(=O)(O)c1ccc(-c2ccnc(N3C=NC=NC3)c2)cc1. The molecule has 1 aliphatic heterocycles. The summed E-state index contributed by atoms with van der Waals surface area (Å²) in [6, 6.07) is 9.65. The van der Waals surface area contributed by atoms with E-state index in [-0.39, 0.29) is 4.90 Å². The van der Waals surface area contributed by atoms with Crippen LogP contribution in [-0.4, -0.2) is 37.3 Å². The average Bonchev–Trinajstić information content (AvgIpc) is 2.55. The third-order valence-electron chi connectivity index (χ3n) is 3.11. The Hall–Kier alpha value is -2.58. The first-order valence-corrected chi connectivity index (χ1v) is 7.80. The van der Waals surface area contributed by atoms with Gasteiger partial charge in [0.2, 0.25) is 0 Å². The van der Waals surface area contributed by atoms with Crippen molar-refractivity contribution in [2.24, 2.45) is 9.98 Å². The van der Waals surface area contributed by atoms with Crippen molar-refractivity contribution in [3.63, 3.8) is 0 Å². The normalized spacial score (nSPS) is 14.3. The Morgan fingerprint density at radius 1 is 1.09 bits per heavy atom. The molecule has 3 rings (SSSR count). The summed E-state index contributed by atoms with van der Waals surface area (Å²) in [7, 11) is -4.18. The van der Waals surface area contributed by atoms with Crippen molar-refractivity contribution in [3.8, 4) is 11.1 Å². The Balaban J connectivity index is 1.92. The molecule has 0 atom stereocenters. The lowest BCUT2D eigenvalue weighted by atomic mass is 10.1. The molecule has 0 bridgehead atoms. The van der Waals surface area contributed by atoms with E-state index in [4.69, 9.17) is 4.55 Å². The van der Waals surface area contributed by atoms with Crippen LogP contribution >= 0.6 is 0 Å². The summed E-state index contributed by atoms with van der Waals surface area (Å²) in [5.74, 6) is 0.692. The van der Waals surface area contributed by atoms with Gasteiger partial charge in [-0.05, 0) is 35.4 Å². The van der Waals surface area contributed by atoms with Crippen LogP contribution in [0.15, 0.2) is 57.5 Å². The minimum absolute atomic E-state index is 0.136. The van der Waals surface area contributed by atoms with Gasteiger partial charge in [0.1, 0.15) is 18.8 Å². The van der Waals surface area contributed by atoms with E-state index in [0.29, 0.717) is 12.5 Å². The summed E-state index contributed by atoms with van der Waals surface area (Å²) in [6.07, 6.45) is 4.78.